The summed E-state index contributed by atoms with van der Waals surface area (Å²) < 4.78 is 19.8. The molecule has 2 aliphatic carbocycles. The van der Waals surface area contributed by atoms with Gasteiger partial charge >= 0.3 is 0 Å². The second-order valence-corrected chi connectivity index (χ2v) is 13.2. The molecule has 8 nitrogen and oxygen atoms in total. The van der Waals surface area contributed by atoms with Crippen LogP contribution in [-0.2, 0) is 19.2 Å². The quantitative estimate of drug-likeness (QED) is 0.242. The molecular weight excluding hydrogens is 634 g/mol. The van der Waals surface area contributed by atoms with Gasteiger partial charge in [0.1, 0.15) is 5.82 Å². The summed E-state index contributed by atoms with van der Waals surface area (Å²) >= 11 is 12.1. The second kappa shape index (κ2) is 11.0. The topological polar surface area (TPSA) is 104 Å². The average Bonchev–Trinajstić information content (AvgIpc) is 3.40. The maximum absolute atomic E-state index is 14.5. The number of para-hydroxylation sites is 1. The first kappa shape index (κ1) is 30.4. The number of phenols is 1. The van der Waals surface area contributed by atoms with Gasteiger partial charge in [0.2, 0.25) is 23.6 Å². The van der Waals surface area contributed by atoms with Crippen LogP contribution in [0.15, 0.2) is 72.3 Å². The van der Waals surface area contributed by atoms with Gasteiger partial charge in [-0.3, -0.25) is 24.1 Å². The molecule has 0 aromatic heterocycles. The minimum absolute atomic E-state index is 0.120. The van der Waals surface area contributed by atoms with Gasteiger partial charge in [0, 0.05) is 16.5 Å². The van der Waals surface area contributed by atoms with E-state index in [4.69, 9.17) is 27.9 Å². The predicted molar refractivity (Wildman–Crippen MR) is 169 cm³/mol. The fraction of sp³-hybridized carbons (Fsp3) is 0.314. The van der Waals surface area contributed by atoms with Crippen LogP contribution in [0.3, 0.4) is 0 Å². The zero-order valence-electron chi connectivity index (χ0n) is 24.9. The van der Waals surface area contributed by atoms with Crippen molar-refractivity contribution in [2.75, 3.05) is 16.4 Å². The molecule has 0 spiro atoms. The molecule has 46 heavy (non-hydrogen) atoms. The highest BCUT2D eigenvalue weighted by Crippen LogP contribution is 2.65. The van der Waals surface area contributed by atoms with E-state index >= 15 is 0 Å². The molecule has 236 valence electrons. The molecule has 3 aromatic rings. The van der Waals surface area contributed by atoms with Crippen LogP contribution >= 0.6 is 23.2 Å². The summed E-state index contributed by atoms with van der Waals surface area (Å²) in [6.45, 7) is 3.76. The van der Waals surface area contributed by atoms with Crippen LogP contribution < -0.4 is 14.5 Å². The minimum atomic E-state index is -1.41. The van der Waals surface area contributed by atoms with Gasteiger partial charge in [0.25, 0.3) is 0 Å². The lowest BCUT2D eigenvalue weighted by molar-refractivity contribution is -0.131. The summed E-state index contributed by atoms with van der Waals surface area (Å²) in [6.07, 6.45) is 2.26. The van der Waals surface area contributed by atoms with Crippen LogP contribution in [0.5, 0.6) is 11.5 Å². The predicted octanol–water partition coefficient (Wildman–Crippen LogP) is 6.67. The molecule has 0 bridgehead atoms. The number of allylic oxidation sites excluding steroid dienone is 2. The summed E-state index contributed by atoms with van der Waals surface area (Å²) in [5, 5.41) is 11.8. The number of fused-ring (bicyclic) bond motifs is 4. The molecule has 7 rings (SSSR count). The molecule has 11 heteroatoms. The van der Waals surface area contributed by atoms with Gasteiger partial charge in [-0.15, -0.1) is 0 Å². The number of nitrogens with zero attached hydrogens (tertiary/aromatic N) is 2. The van der Waals surface area contributed by atoms with Crippen molar-refractivity contribution in [1.29, 1.82) is 0 Å². The maximum Gasteiger partial charge on any atom is 0.241 e. The highest BCUT2D eigenvalue weighted by molar-refractivity contribution is 6.32. The van der Waals surface area contributed by atoms with E-state index in [1.54, 1.807) is 56.3 Å². The van der Waals surface area contributed by atoms with E-state index < -0.39 is 52.6 Å². The van der Waals surface area contributed by atoms with Gasteiger partial charge in [-0.05, 0) is 81.1 Å². The summed E-state index contributed by atoms with van der Waals surface area (Å²) in [7, 11) is 0. The van der Waals surface area contributed by atoms with Crippen molar-refractivity contribution in [3.8, 4) is 11.5 Å². The molecule has 2 saturated heterocycles. The Morgan fingerprint density at radius 3 is 2.35 bits per heavy atom. The first-order valence-electron chi connectivity index (χ1n) is 15.1. The summed E-state index contributed by atoms with van der Waals surface area (Å²) in [6, 6.07) is 15.1. The Morgan fingerprint density at radius 1 is 0.935 bits per heavy atom. The number of hydrogen-bond acceptors (Lipinski definition) is 6. The van der Waals surface area contributed by atoms with Crippen molar-refractivity contribution >= 4 is 58.2 Å². The monoisotopic (exact) mass is 662 g/mol. The van der Waals surface area contributed by atoms with Crippen LogP contribution in [0.1, 0.15) is 38.2 Å². The molecule has 3 aromatic carbocycles. The number of phenolic OH excluding ortho intramolecular Hbond substituents is 1. The zero-order valence-corrected chi connectivity index (χ0v) is 26.4. The lowest BCUT2D eigenvalue weighted by atomic mass is 9.51. The zero-order chi connectivity index (χ0) is 32.7. The van der Waals surface area contributed by atoms with Crippen LogP contribution in [0, 0.1) is 34.9 Å². The van der Waals surface area contributed by atoms with Crippen LogP contribution in [-0.4, -0.2) is 35.3 Å². The smallest absolute Gasteiger partial charge is 0.241 e. The Kier molecular flexibility index (Phi) is 7.25. The number of aromatic hydroxyl groups is 1. The van der Waals surface area contributed by atoms with E-state index in [1.165, 1.54) is 17.0 Å². The highest BCUT2D eigenvalue weighted by Gasteiger charge is 2.68. The van der Waals surface area contributed by atoms with Crippen molar-refractivity contribution in [1.82, 2.24) is 0 Å². The number of imide groups is 2. The molecule has 1 saturated carbocycles. The largest absolute Gasteiger partial charge is 0.504 e. The molecule has 2 heterocycles. The lowest BCUT2D eigenvalue weighted by Gasteiger charge is -2.49. The third kappa shape index (κ3) is 4.24. The first-order valence-corrected chi connectivity index (χ1v) is 15.9. The molecular formula is C35H29Cl2FN2O6. The average molecular weight is 664 g/mol. The normalized spacial score (nSPS) is 28.6. The molecule has 1 N–H and O–H groups in total. The number of hydrogen-bond donors (Lipinski definition) is 1. The van der Waals surface area contributed by atoms with Crippen molar-refractivity contribution in [2.45, 2.75) is 32.6 Å². The summed E-state index contributed by atoms with van der Waals surface area (Å²) in [4.78, 5) is 59.0. The number of amides is 4. The Hall–Kier alpha value is -4.21. The molecule has 4 amide bonds. The van der Waals surface area contributed by atoms with E-state index in [1.807, 2.05) is 6.08 Å². The van der Waals surface area contributed by atoms with Gasteiger partial charge in [-0.25, -0.2) is 9.29 Å². The lowest BCUT2D eigenvalue weighted by Crippen LogP contribution is -2.48. The molecule has 3 fully saturated rings. The van der Waals surface area contributed by atoms with Crippen LogP contribution in [0.4, 0.5) is 15.8 Å². The third-order valence-electron chi connectivity index (χ3n) is 10.2. The van der Waals surface area contributed by atoms with Crippen molar-refractivity contribution < 1.29 is 33.4 Å². The number of benzene rings is 3. The second-order valence-electron chi connectivity index (χ2n) is 12.4. The molecule has 2 aliphatic heterocycles. The van der Waals surface area contributed by atoms with E-state index in [2.05, 4.69) is 0 Å². The molecule has 6 unspecified atom stereocenters. The number of halogens is 3. The van der Waals surface area contributed by atoms with Gasteiger partial charge < -0.3 is 9.84 Å². The summed E-state index contributed by atoms with van der Waals surface area (Å²) in [5.41, 5.74) is 0.208. The Bertz CT molecular complexity index is 1860. The first-order chi connectivity index (χ1) is 22.0. The Balaban J connectivity index is 1.38. The number of rotatable bonds is 5. The van der Waals surface area contributed by atoms with Gasteiger partial charge in [-0.1, -0.05) is 47.0 Å². The molecule has 4 aliphatic rings. The SMILES string of the molecule is CCOc1cccc(C2C3=CCC4C(=O)N(c5ccc(Cl)cc5)C(=O)C4C3CC3C(=O)N(c4ccc(F)c(Cl)c4)C(=O)C32C)c1O. The van der Waals surface area contributed by atoms with E-state index in [9.17, 15) is 28.7 Å². The van der Waals surface area contributed by atoms with E-state index in [0.717, 1.165) is 11.0 Å². The fourth-order valence-corrected chi connectivity index (χ4v) is 8.42. The molecule has 6 atom stereocenters. The Labute approximate surface area is 274 Å². The molecule has 0 radical (unpaired) electrons. The van der Waals surface area contributed by atoms with Crippen LogP contribution in [0.2, 0.25) is 10.0 Å². The van der Waals surface area contributed by atoms with Crippen molar-refractivity contribution in [3.63, 3.8) is 0 Å². The van der Waals surface area contributed by atoms with E-state index in [-0.39, 0.29) is 53.5 Å². The number of carbonyl (C=O) groups excluding carboxylic acids is 4. The van der Waals surface area contributed by atoms with Crippen LogP contribution in [0.25, 0.3) is 0 Å². The number of anilines is 2. The van der Waals surface area contributed by atoms with E-state index in [0.29, 0.717) is 21.8 Å². The standard InChI is InChI=1S/C35H29Cl2FN2O6/c1-3-46-27-6-4-5-22(30(27)41)29-20-12-13-21-28(33(44)39(31(21)42)18-9-7-17(36)8-10-18)23(20)16-24-32(43)40(34(45)35(24,29)2)19-11-14-26(38)25(37)15-19/h4-12,14-15,21,23-24,28-29,41H,3,13,16H2,1-2H3. The highest BCUT2D eigenvalue weighted by atomic mass is 35.5. The maximum atomic E-state index is 14.5. The third-order valence-corrected chi connectivity index (χ3v) is 10.7. The summed E-state index contributed by atoms with van der Waals surface area (Å²) in [5.74, 6) is -6.23. The number of carbonyl (C=O) groups is 4. The van der Waals surface area contributed by atoms with Crippen molar-refractivity contribution in [3.05, 3.63) is 93.7 Å². The van der Waals surface area contributed by atoms with Gasteiger partial charge in [0.05, 0.1) is 46.2 Å². The van der Waals surface area contributed by atoms with Crippen molar-refractivity contribution in [2.24, 2.45) is 29.1 Å². The minimum Gasteiger partial charge on any atom is -0.504 e. The number of ether oxygens (including phenoxy) is 1. The van der Waals surface area contributed by atoms with Gasteiger partial charge in [-0.2, -0.15) is 0 Å². The fourth-order valence-electron chi connectivity index (χ4n) is 8.12. The van der Waals surface area contributed by atoms with Gasteiger partial charge in [0.15, 0.2) is 11.5 Å². The Morgan fingerprint density at radius 2 is 1.65 bits per heavy atom.